The van der Waals surface area contributed by atoms with Crippen LogP contribution in [-0.4, -0.2) is 22.0 Å². The number of amides is 1. The summed E-state index contributed by atoms with van der Waals surface area (Å²) >= 11 is 0. The number of nitrogens with zero attached hydrogens (tertiary/aromatic N) is 1. The maximum absolute atomic E-state index is 11.8. The number of rotatable bonds is 3. The van der Waals surface area contributed by atoms with E-state index in [1.54, 1.807) is 6.92 Å². The van der Waals surface area contributed by atoms with Gasteiger partial charge in [-0.15, -0.1) is 0 Å². The Balaban J connectivity index is 2.20. The number of carbonyl (C=O) groups is 2. The second-order valence-electron chi connectivity index (χ2n) is 3.56. The zero-order valence-electron chi connectivity index (χ0n) is 9.51. The maximum atomic E-state index is 11.8. The van der Waals surface area contributed by atoms with Gasteiger partial charge in [0.1, 0.15) is 11.6 Å². The quantitative estimate of drug-likeness (QED) is 0.863. The first-order valence-electron chi connectivity index (χ1n) is 5.13. The topological polar surface area (TPSA) is 92.4 Å². The van der Waals surface area contributed by atoms with E-state index < -0.39 is 11.9 Å². The number of carboxylic acid groups (broad SMARTS) is 1. The normalized spacial score (nSPS) is 10.1. The molecular weight excluding hydrogens is 236 g/mol. The van der Waals surface area contributed by atoms with Crippen molar-refractivity contribution in [3.8, 4) is 0 Å². The van der Waals surface area contributed by atoms with Crippen molar-refractivity contribution in [2.24, 2.45) is 0 Å². The predicted molar refractivity (Wildman–Crippen MR) is 62.6 cm³/mol. The standard InChI is InChI=1S/C12H10N2O4/c1-7-8(5-6-18-7)11(15)14-10-4-2-3-9(13-10)12(16)17/h2-6H,1H3,(H,16,17)(H,13,14,15). The second kappa shape index (κ2) is 4.70. The largest absolute Gasteiger partial charge is 0.477 e. The molecule has 2 aromatic rings. The maximum Gasteiger partial charge on any atom is 0.354 e. The summed E-state index contributed by atoms with van der Waals surface area (Å²) in [6, 6.07) is 5.90. The third kappa shape index (κ3) is 2.37. The van der Waals surface area contributed by atoms with Crippen LogP contribution in [-0.2, 0) is 0 Å². The van der Waals surface area contributed by atoms with E-state index in [0.29, 0.717) is 11.3 Å². The van der Waals surface area contributed by atoms with Crippen molar-refractivity contribution < 1.29 is 19.1 Å². The van der Waals surface area contributed by atoms with Crippen molar-refractivity contribution in [1.82, 2.24) is 4.98 Å². The Hall–Kier alpha value is -2.63. The summed E-state index contributed by atoms with van der Waals surface area (Å²) in [5.74, 6) is -0.871. The van der Waals surface area contributed by atoms with Gasteiger partial charge in [0.2, 0.25) is 0 Å². The number of hydrogen-bond acceptors (Lipinski definition) is 4. The summed E-state index contributed by atoms with van der Waals surface area (Å²) in [5.41, 5.74) is 0.259. The molecule has 6 nitrogen and oxygen atoms in total. The Labute approximate surface area is 102 Å². The highest BCUT2D eigenvalue weighted by molar-refractivity contribution is 6.04. The highest BCUT2D eigenvalue weighted by Gasteiger charge is 2.13. The first-order chi connectivity index (χ1) is 8.58. The van der Waals surface area contributed by atoms with Gasteiger partial charge in [0, 0.05) is 0 Å². The molecule has 0 saturated carbocycles. The van der Waals surface area contributed by atoms with Crippen LogP contribution >= 0.6 is 0 Å². The molecule has 92 valence electrons. The molecule has 2 aromatic heterocycles. The van der Waals surface area contributed by atoms with E-state index in [0.717, 1.165) is 0 Å². The number of aromatic nitrogens is 1. The van der Waals surface area contributed by atoms with Gasteiger partial charge in [0.15, 0.2) is 5.69 Å². The van der Waals surface area contributed by atoms with Crippen LogP contribution < -0.4 is 5.32 Å². The summed E-state index contributed by atoms with van der Waals surface area (Å²) in [6.45, 7) is 1.66. The number of aromatic carboxylic acids is 1. The van der Waals surface area contributed by atoms with Gasteiger partial charge in [-0.2, -0.15) is 0 Å². The second-order valence-corrected chi connectivity index (χ2v) is 3.56. The lowest BCUT2D eigenvalue weighted by atomic mass is 10.2. The molecule has 0 aliphatic rings. The lowest BCUT2D eigenvalue weighted by molar-refractivity contribution is 0.0690. The number of carbonyl (C=O) groups excluding carboxylic acids is 1. The van der Waals surface area contributed by atoms with Crippen LogP contribution in [0.25, 0.3) is 0 Å². The van der Waals surface area contributed by atoms with Gasteiger partial charge in [-0.1, -0.05) is 6.07 Å². The van der Waals surface area contributed by atoms with Gasteiger partial charge in [-0.05, 0) is 25.1 Å². The zero-order valence-corrected chi connectivity index (χ0v) is 9.51. The molecule has 0 aliphatic carbocycles. The van der Waals surface area contributed by atoms with E-state index in [9.17, 15) is 9.59 Å². The molecule has 0 aliphatic heterocycles. The molecule has 2 rings (SSSR count). The van der Waals surface area contributed by atoms with Gasteiger partial charge in [-0.25, -0.2) is 9.78 Å². The molecule has 0 atom stereocenters. The minimum Gasteiger partial charge on any atom is -0.477 e. The van der Waals surface area contributed by atoms with Gasteiger partial charge in [-0.3, -0.25) is 4.79 Å². The van der Waals surface area contributed by atoms with Crippen molar-refractivity contribution in [1.29, 1.82) is 0 Å². The molecule has 18 heavy (non-hydrogen) atoms. The number of nitrogens with one attached hydrogen (secondary N) is 1. The smallest absolute Gasteiger partial charge is 0.354 e. The summed E-state index contributed by atoms with van der Waals surface area (Å²) in [6.07, 6.45) is 1.41. The van der Waals surface area contributed by atoms with E-state index in [-0.39, 0.29) is 11.5 Å². The van der Waals surface area contributed by atoms with Crippen molar-refractivity contribution in [3.05, 3.63) is 47.5 Å². The number of aryl methyl sites for hydroxylation is 1. The summed E-state index contributed by atoms with van der Waals surface area (Å²) < 4.78 is 5.01. The van der Waals surface area contributed by atoms with E-state index in [2.05, 4.69) is 10.3 Å². The zero-order chi connectivity index (χ0) is 13.1. The van der Waals surface area contributed by atoms with Crippen LogP contribution in [0.5, 0.6) is 0 Å². The third-order valence-electron chi connectivity index (χ3n) is 2.31. The van der Waals surface area contributed by atoms with Gasteiger partial charge < -0.3 is 14.8 Å². The Bertz CT molecular complexity index is 604. The highest BCUT2D eigenvalue weighted by Crippen LogP contribution is 2.12. The fraction of sp³-hybridized carbons (Fsp3) is 0.0833. The van der Waals surface area contributed by atoms with Gasteiger partial charge >= 0.3 is 5.97 Å². The molecule has 0 unspecified atom stereocenters. The number of furan rings is 1. The molecule has 0 saturated heterocycles. The summed E-state index contributed by atoms with van der Waals surface area (Å²) in [5, 5.41) is 11.3. The molecule has 0 aromatic carbocycles. The monoisotopic (exact) mass is 246 g/mol. The first-order valence-corrected chi connectivity index (χ1v) is 5.13. The van der Waals surface area contributed by atoms with Crippen LogP contribution in [0.2, 0.25) is 0 Å². The van der Waals surface area contributed by atoms with E-state index >= 15 is 0 Å². The van der Waals surface area contributed by atoms with Gasteiger partial charge in [0.05, 0.1) is 11.8 Å². The Morgan fingerprint density at radius 3 is 2.72 bits per heavy atom. The Kier molecular flexibility index (Phi) is 3.09. The van der Waals surface area contributed by atoms with Crippen molar-refractivity contribution in [3.63, 3.8) is 0 Å². The molecule has 0 fully saturated rings. The fourth-order valence-corrected chi connectivity index (χ4v) is 1.43. The van der Waals surface area contributed by atoms with E-state index in [4.69, 9.17) is 9.52 Å². The first kappa shape index (κ1) is 11.8. The predicted octanol–water partition coefficient (Wildman–Crippen LogP) is 1.93. The molecule has 2 heterocycles. The Morgan fingerprint density at radius 2 is 2.11 bits per heavy atom. The molecule has 2 N–H and O–H groups in total. The minimum atomic E-state index is -1.15. The van der Waals surface area contributed by atoms with Crippen LogP contribution in [0.1, 0.15) is 26.6 Å². The molecule has 1 amide bonds. The van der Waals surface area contributed by atoms with Crippen molar-refractivity contribution >= 4 is 17.7 Å². The van der Waals surface area contributed by atoms with Crippen LogP contribution in [0.3, 0.4) is 0 Å². The minimum absolute atomic E-state index is 0.128. The molecule has 6 heteroatoms. The van der Waals surface area contributed by atoms with Gasteiger partial charge in [0.25, 0.3) is 5.91 Å². The van der Waals surface area contributed by atoms with E-state index in [1.165, 1.54) is 30.5 Å². The average molecular weight is 246 g/mol. The molecule has 0 bridgehead atoms. The fourth-order valence-electron chi connectivity index (χ4n) is 1.43. The van der Waals surface area contributed by atoms with Crippen LogP contribution in [0.15, 0.2) is 34.9 Å². The highest BCUT2D eigenvalue weighted by atomic mass is 16.4. The summed E-state index contributed by atoms with van der Waals surface area (Å²) in [7, 11) is 0. The molecule has 0 radical (unpaired) electrons. The number of hydrogen-bond donors (Lipinski definition) is 2. The van der Waals surface area contributed by atoms with Crippen LogP contribution in [0, 0.1) is 6.92 Å². The lowest BCUT2D eigenvalue weighted by Crippen LogP contribution is -2.14. The van der Waals surface area contributed by atoms with Crippen LogP contribution in [0.4, 0.5) is 5.82 Å². The van der Waals surface area contributed by atoms with Crippen molar-refractivity contribution in [2.45, 2.75) is 6.92 Å². The van der Waals surface area contributed by atoms with Crippen molar-refractivity contribution in [2.75, 3.05) is 5.32 Å². The average Bonchev–Trinajstić information content (AvgIpc) is 2.76. The SMILES string of the molecule is Cc1occc1C(=O)Nc1cccc(C(=O)O)n1. The number of carboxylic acids is 1. The number of pyridine rings is 1. The Morgan fingerprint density at radius 1 is 1.33 bits per heavy atom. The lowest BCUT2D eigenvalue weighted by Gasteiger charge is -2.03. The molecular formula is C12H10N2O4. The molecule has 0 spiro atoms. The number of anilines is 1. The summed E-state index contributed by atoms with van der Waals surface area (Å²) in [4.78, 5) is 26.3. The van der Waals surface area contributed by atoms with E-state index in [1.807, 2.05) is 0 Å². The third-order valence-corrected chi connectivity index (χ3v) is 2.31.